The Morgan fingerprint density at radius 2 is 1.97 bits per heavy atom. The number of ether oxygens (including phenoxy) is 3. The molecule has 0 spiro atoms. The quantitative estimate of drug-likeness (QED) is 0.483. The van der Waals surface area contributed by atoms with E-state index < -0.39 is 43.3 Å². The standard InChI is InChI=1S/C21H28F3NO6/c1-13-19(30-11-18(23)24)15(10-14-6-8-16(22)9-7-14)4-3-5-17(20(26)31-13)25(12-29-2)21(27)28/h6-9,13,15,17-19H,3-5,10-12H2,1-2H3,(H,27,28)/t13-,15+,17-,19-/m0/s1. The minimum Gasteiger partial charge on any atom is -0.465 e. The van der Waals surface area contributed by atoms with Gasteiger partial charge in [-0.15, -0.1) is 0 Å². The molecule has 0 saturated carbocycles. The van der Waals surface area contributed by atoms with Gasteiger partial charge in [-0.25, -0.2) is 22.8 Å². The van der Waals surface area contributed by atoms with Crippen molar-refractivity contribution in [2.75, 3.05) is 20.4 Å². The van der Waals surface area contributed by atoms with Crippen LogP contribution >= 0.6 is 0 Å². The highest BCUT2D eigenvalue weighted by molar-refractivity contribution is 5.81. The van der Waals surface area contributed by atoms with Crippen LogP contribution in [0.3, 0.4) is 0 Å². The van der Waals surface area contributed by atoms with Gasteiger partial charge in [0, 0.05) is 7.11 Å². The predicted molar refractivity (Wildman–Crippen MR) is 104 cm³/mol. The van der Waals surface area contributed by atoms with Gasteiger partial charge in [-0.2, -0.15) is 0 Å². The lowest BCUT2D eigenvalue weighted by atomic mass is 9.86. The number of esters is 1. The first-order valence-corrected chi connectivity index (χ1v) is 10.1. The number of benzene rings is 1. The second-order valence-corrected chi connectivity index (χ2v) is 7.54. The second kappa shape index (κ2) is 11.9. The van der Waals surface area contributed by atoms with Crippen molar-refractivity contribution in [2.45, 2.75) is 57.3 Å². The summed E-state index contributed by atoms with van der Waals surface area (Å²) in [5, 5.41) is 9.44. The molecule has 0 unspecified atom stereocenters. The highest BCUT2D eigenvalue weighted by atomic mass is 19.3. The first-order chi connectivity index (χ1) is 14.7. The van der Waals surface area contributed by atoms with Crippen molar-refractivity contribution in [3.8, 4) is 0 Å². The first-order valence-electron chi connectivity index (χ1n) is 10.1. The summed E-state index contributed by atoms with van der Waals surface area (Å²) >= 11 is 0. The molecule has 4 atom stereocenters. The van der Waals surface area contributed by atoms with Crippen molar-refractivity contribution in [2.24, 2.45) is 5.92 Å². The van der Waals surface area contributed by atoms with E-state index in [9.17, 15) is 27.9 Å². The largest absolute Gasteiger partial charge is 0.465 e. The van der Waals surface area contributed by atoms with E-state index in [1.807, 2.05) is 0 Å². The molecule has 0 bridgehead atoms. The second-order valence-electron chi connectivity index (χ2n) is 7.54. The lowest BCUT2D eigenvalue weighted by Crippen LogP contribution is -2.47. The molecule has 1 heterocycles. The van der Waals surface area contributed by atoms with Gasteiger partial charge in [0.1, 0.15) is 31.3 Å². The van der Waals surface area contributed by atoms with E-state index in [0.717, 1.165) is 10.5 Å². The number of carbonyl (C=O) groups is 2. The molecule has 31 heavy (non-hydrogen) atoms. The maximum absolute atomic E-state index is 13.2. The number of hydrogen-bond acceptors (Lipinski definition) is 5. The Labute approximate surface area is 179 Å². The molecule has 7 nitrogen and oxygen atoms in total. The normalized spacial score (nSPS) is 24.8. The summed E-state index contributed by atoms with van der Waals surface area (Å²) in [5.41, 5.74) is 0.790. The van der Waals surface area contributed by atoms with Crippen LogP contribution in [0, 0.1) is 11.7 Å². The molecule has 1 N–H and O–H groups in total. The fourth-order valence-electron chi connectivity index (χ4n) is 3.87. The van der Waals surface area contributed by atoms with E-state index in [0.29, 0.717) is 19.3 Å². The summed E-state index contributed by atoms with van der Waals surface area (Å²) in [6, 6.07) is 4.76. The molecule has 2 rings (SSSR count). The molecular weight excluding hydrogens is 419 g/mol. The molecular formula is C21H28F3NO6. The molecule has 1 aromatic carbocycles. The van der Waals surface area contributed by atoms with Gasteiger partial charge >= 0.3 is 12.1 Å². The summed E-state index contributed by atoms with van der Waals surface area (Å²) < 4.78 is 54.7. The fourth-order valence-corrected chi connectivity index (χ4v) is 3.87. The van der Waals surface area contributed by atoms with Crippen LogP contribution in [0.4, 0.5) is 18.0 Å². The molecule has 1 aliphatic heterocycles. The van der Waals surface area contributed by atoms with Gasteiger partial charge in [-0.3, -0.25) is 4.90 Å². The fraction of sp³-hybridized carbons (Fsp3) is 0.619. The molecule has 1 saturated heterocycles. The number of carbonyl (C=O) groups excluding carboxylic acids is 1. The number of amides is 1. The summed E-state index contributed by atoms with van der Waals surface area (Å²) in [4.78, 5) is 25.1. The van der Waals surface area contributed by atoms with Gasteiger partial charge in [0.2, 0.25) is 0 Å². The summed E-state index contributed by atoms with van der Waals surface area (Å²) in [7, 11) is 1.31. The number of cyclic esters (lactones) is 1. The lowest BCUT2D eigenvalue weighted by molar-refractivity contribution is -0.167. The zero-order valence-corrected chi connectivity index (χ0v) is 17.5. The Morgan fingerprint density at radius 3 is 2.55 bits per heavy atom. The van der Waals surface area contributed by atoms with Crippen LogP contribution in [0.25, 0.3) is 0 Å². The highest BCUT2D eigenvalue weighted by Crippen LogP contribution is 2.29. The number of carboxylic acid groups (broad SMARTS) is 1. The van der Waals surface area contributed by atoms with Gasteiger partial charge in [0.25, 0.3) is 6.43 Å². The number of rotatable bonds is 8. The number of alkyl halides is 2. The van der Waals surface area contributed by atoms with Gasteiger partial charge < -0.3 is 19.3 Å². The topological polar surface area (TPSA) is 85.3 Å². The Bertz CT molecular complexity index is 718. The Balaban J connectivity index is 2.26. The third kappa shape index (κ3) is 7.39. The zero-order chi connectivity index (χ0) is 23.0. The molecule has 1 aliphatic rings. The van der Waals surface area contributed by atoms with Crippen LogP contribution in [0.2, 0.25) is 0 Å². The molecule has 1 amide bonds. The van der Waals surface area contributed by atoms with Gasteiger partial charge in [0.05, 0.1) is 6.10 Å². The van der Waals surface area contributed by atoms with E-state index in [4.69, 9.17) is 14.2 Å². The highest BCUT2D eigenvalue weighted by Gasteiger charge is 2.38. The van der Waals surface area contributed by atoms with Crippen molar-refractivity contribution >= 4 is 12.1 Å². The third-order valence-electron chi connectivity index (χ3n) is 5.27. The van der Waals surface area contributed by atoms with Crippen molar-refractivity contribution in [1.29, 1.82) is 0 Å². The number of halogens is 3. The summed E-state index contributed by atoms with van der Waals surface area (Å²) in [5.74, 6) is -1.47. The monoisotopic (exact) mass is 447 g/mol. The average Bonchev–Trinajstić information content (AvgIpc) is 2.75. The van der Waals surface area contributed by atoms with Crippen molar-refractivity contribution in [3.05, 3.63) is 35.6 Å². The first kappa shape index (κ1) is 24.9. The minimum atomic E-state index is -2.70. The van der Waals surface area contributed by atoms with Gasteiger partial charge in [-0.1, -0.05) is 18.6 Å². The smallest absolute Gasteiger partial charge is 0.409 e. The maximum Gasteiger partial charge on any atom is 0.409 e. The van der Waals surface area contributed by atoms with Crippen molar-refractivity contribution in [3.63, 3.8) is 0 Å². The predicted octanol–water partition coefficient (Wildman–Crippen LogP) is 3.70. The summed E-state index contributed by atoms with van der Waals surface area (Å²) in [6.45, 7) is 0.407. The molecule has 174 valence electrons. The van der Waals surface area contributed by atoms with Crippen molar-refractivity contribution < 1.29 is 42.1 Å². The maximum atomic E-state index is 13.2. The van der Waals surface area contributed by atoms with Crippen molar-refractivity contribution in [1.82, 2.24) is 4.90 Å². The van der Waals surface area contributed by atoms with Crippen LogP contribution in [0.5, 0.6) is 0 Å². The van der Waals surface area contributed by atoms with E-state index in [2.05, 4.69) is 0 Å². The van der Waals surface area contributed by atoms with Crippen LogP contribution < -0.4 is 0 Å². The van der Waals surface area contributed by atoms with Crippen LogP contribution in [-0.2, 0) is 25.4 Å². The average molecular weight is 447 g/mol. The van der Waals surface area contributed by atoms with Gasteiger partial charge in [0.15, 0.2) is 0 Å². The Kier molecular flexibility index (Phi) is 9.57. The number of hydrogen-bond donors (Lipinski definition) is 1. The molecule has 1 aromatic rings. The van der Waals surface area contributed by atoms with Crippen LogP contribution in [0.15, 0.2) is 24.3 Å². The molecule has 0 radical (unpaired) electrons. The number of nitrogens with zero attached hydrogens (tertiary/aromatic N) is 1. The van der Waals surface area contributed by atoms with Crippen LogP contribution in [-0.4, -0.2) is 67.2 Å². The Hall–Kier alpha value is -2.33. The molecule has 10 heteroatoms. The van der Waals surface area contributed by atoms with Crippen LogP contribution in [0.1, 0.15) is 31.7 Å². The van der Waals surface area contributed by atoms with E-state index in [-0.39, 0.29) is 24.9 Å². The lowest BCUT2D eigenvalue weighted by Gasteiger charge is -2.31. The number of methoxy groups -OCH3 is 1. The van der Waals surface area contributed by atoms with Gasteiger partial charge in [-0.05, 0) is 49.8 Å². The SMILES string of the molecule is COCN(C(=O)O)[C@H]1CCC[C@H](Cc2ccc(F)cc2)[C@@H](OCC(F)F)[C@H](C)OC1=O. The Morgan fingerprint density at radius 1 is 1.29 bits per heavy atom. The third-order valence-corrected chi connectivity index (χ3v) is 5.27. The minimum absolute atomic E-state index is 0.183. The molecule has 1 fully saturated rings. The van der Waals surface area contributed by atoms with E-state index in [1.54, 1.807) is 12.1 Å². The summed E-state index contributed by atoms with van der Waals surface area (Å²) in [6.07, 6.45) is -4.26. The van der Waals surface area contributed by atoms with E-state index in [1.165, 1.54) is 26.2 Å². The molecule has 0 aromatic heterocycles. The zero-order valence-electron chi connectivity index (χ0n) is 17.5. The van der Waals surface area contributed by atoms with E-state index >= 15 is 0 Å². The molecule has 0 aliphatic carbocycles.